The molecule has 36 heavy (non-hydrogen) atoms. The van der Waals surface area contributed by atoms with Gasteiger partial charge in [-0.25, -0.2) is 0 Å². The van der Waals surface area contributed by atoms with E-state index in [0.717, 1.165) is 27.7 Å². The van der Waals surface area contributed by atoms with E-state index in [9.17, 15) is 28.8 Å². The second-order valence-corrected chi connectivity index (χ2v) is 9.64. The Kier molecular flexibility index (Phi) is 9.36. The van der Waals surface area contributed by atoms with E-state index in [1.165, 1.54) is 6.92 Å². The minimum atomic E-state index is -1.43. The Bertz CT molecular complexity index is 945. The number of ketones is 2. The molecule has 5 atom stereocenters. The fraction of sp³-hybridized carbons (Fsp3) is 0.667. The maximum absolute atomic E-state index is 12.8. The van der Waals surface area contributed by atoms with Crippen LogP contribution < -0.4 is 5.32 Å². The lowest BCUT2D eigenvalue weighted by atomic mass is 9.73. The molecular weight excluding hydrogens is 478 g/mol. The largest absolute Gasteiger partial charge is 0.463 e. The van der Waals surface area contributed by atoms with Crippen molar-refractivity contribution in [1.82, 2.24) is 5.32 Å². The van der Waals surface area contributed by atoms with Crippen LogP contribution in [0.3, 0.4) is 0 Å². The highest BCUT2D eigenvalue weighted by Crippen LogP contribution is 2.35. The number of Topliss-reactive ketones (excluding diaryl/α,β-unsaturated/α-hetero) is 2. The number of hydrogen-bond acceptors (Lipinski definition) is 12. The molecule has 1 saturated carbocycles. The molecule has 0 aromatic heterocycles. The Morgan fingerprint density at radius 2 is 1.33 bits per heavy atom. The van der Waals surface area contributed by atoms with Gasteiger partial charge in [0.05, 0.1) is 5.57 Å². The number of ether oxygens (including phenoxy) is 5. The molecule has 1 heterocycles. The van der Waals surface area contributed by atoms with Crippen LogP contribution in [0.15, 0.2) is 11.3 Å². The highest BCUT2D eigenvalue weighted by molar-refractivity contribution is 6.22. The molecule has 0 unspecified atom stereocenters. The van der Waals surface area contributed by atoms with Crippen LogP contribution in [0.5, 0.6) is 0 Å². The topological polar surface area (TPSA) is 161 Å². The van der Waals surface area contributed by atoms with Gasteiger partial charge in [-0.3, -0.25) is 28.8 Å². The second-order valence-electron chi connectivity index (χ2n) is 9.64. The number of carbonyl (C=O) groups is 6. The number of hydrogen-bond donors (Lipinski definition) is 1. The summed E-state index contributed by atoms with van der Waals surface area (Å²) in [6, 6.07) is -1.20. The molecule has 1 aliphatic carbocycles. The highest BCUT2D eigenvalue weighted by atomic mass is 16.7. The number of carbonyl (C=O) groups excluding carboxylic acids is 6. The molecule has 1 N–H and O–H groups in total. The average Bonchev–Trinajstić information content (AvgIpc) is 2.68. The molecule has 0 aromatic carbocycles. The quantitative estimate of drug-likeness (QED) is 0.223. The Morgan fingerprint density at radius 3 is 1.81 bits per heavy atom. The van der Waals surface area contributed by atoms with Crippen LogP contribution in [0.25, 0.3) is 0 Å². The monoisotopic (exact) mass is 511 g/mol. The first-order valence-corrected chi connectivity index (χ1v) is 11.5. The summed E-state index contributed by atoms with van der Waals surface area (Å²) in [4.78, 5) is 72.7. The molecule has 0 aromatic rings. The lowest BCUT2D eigenvalue weighted by molar-refractivity contribution is -0.270. The minimum Gasteiger partial charge on any atom is -0.463 e. The fourth-order valence-electron chi connectivity index (χ4n) is 4.32. The third-order valence-corrected chi connectivity index (χ3v) is 5.58. The molecule has 2 rings (SSSR count). The van der Waals surface area contributed by atoms with Crippen molar-refractivity contribution in [2.75, 3.05) is 6.61 Å². The number of rotatable bonds is 7. The first-order chi connectivity index (χ1) is 16.6. The summed E-state index contributed by atoms with van der Waals surface area (Å²) >= 11 is 0. The van der Waals surface area contributed by atoms with Gasteiger partial charge in [0.25, 0.3) is 0 Å². The third-order valence-electron chi connectivity index (χ3n) is 5.58. The van der Waals surface area contributed by atoms with Crippen LogP contribution in [0, 0.1) is 5.41 Å². The van der Waals surface area contributed by atoms with Gasteiger partial charge in [0.15, 0.2) is 23.8 Å². The number of nitrogens with one attached hydrogen (secondary N) is 1. The molecule has 1 aliphatic heterocycles. The molecule has 12 heteroatoms. The summed E-state index contributed by atoms with van der Waals surface area (Å²) in [5, 5.41) is 2.94. The van der Waals surface area contributed by atoms with Crippen LogP contribution in [-0.2, 0) is 52.5 Å². The van der Waals surface area contributed by atoms with Gasteiger partial charge in [-0.2, -0.15) is 0 Å². The van der Waals surface area contributed by atoms with E-state index in [1.54, 1.807) is 0 Å². The molecular formula is C24H33NO11. The van der Waals surface area contributed by atoms with Crippen LogP contribution in [0.2, 0.25) is 0 Å². The molecule has 0 radical (unpaired) electrons. The maximum Gasteiger partial charge on any atom is 0.305 e. The summed E-state index contributed by atoms with van der Waals surface area (Å²) in [6.07, 6.45) is -4.91. The Hall–Kier alpha value is -3.28. The smallest absolute Gasteiger partial charge is 0.305 e. The van der Waals surface area contributed by atoms with E-state index in [2.05, 4.69) is 5.32 Å². The van der Waals surface area contributed by atoms with Gasteiger partial charge in [0.1, 0.15) is 18.8 Å². The third kappa shape index (κ3) is 7.61. The van der Waals surface area contributed by atoms with E-state index in [-0.39, 0.29) is 35.7 Å². The van der Waals surface area contributed by atoms with Gasteiger partial charge in [0, 0.05) is 46.2 Å². The van der Waals surface area contributed by atoms with Gasteiger partial charge in [-0.05, 0) is 12.3 Å². The number of esters is 4. The van der Waals surface area contributed by atoms with E-state index in [1.807, 2.05) is 13.8 Å². The SMILES string of the molecule is CC(=O)OC[C@H]1O[C@H](OC(C)=O)[C@H](NC(C)=C2C(=O)CC(C)(C)CC2=O)[C@@H](OC(C)=O)[C@@H]1OC(C)=O. The summed E-state index contributed by atoms with van der Waals surface area (Å²) in [5.41, 5.74) is -0.386. The maximum atomic E-state index is 12.8. The summed E-state index contributed by atoms with van der Waals surface area (Å²) in [5.74, 6) is -3.62. The van der Waals surface area contributed by atoms with Crippen LogP contribution in [0.4, 0.5) is 0 Å². The van der Waals surface area contributed by atoms with Gasteiger partial charge in [-0.1, -0.05) is 13.8 Å². The van der Waals surface area contributed by atoms with Gasteiger partial charge in [0.2, 0.25) is 6.29 Å². The van der Waals surface area contributed by atoms with E-state index >= 15 is 0 Å². The van der Waals surface area contributed by atoms with Crippen molar-refractivity contribution < 1.29 is 52.5 Å². The van der Waals surface area contributed by atoms with Gasteiger partial charge < -0.3 is 29.0 Å². The summed E-state index contributed by atoms with van der Waals surface area (Å²) < 4.78 is 26.9. The number of allylic oxidation sites excluding steroid dienone is 2. The van der Waals surface area contributed by atoms with Crippen LogP contribution >= 0.6 is 0 Å². The van der Waals surface area contributed by atoms with Crippen molar-refractivity contribution in [3.05, 3.63) is 11.3 Å². The van der Waals surface area contributed by atoms with Crippen LogP contribution in [-0.4, -0.2) is 72.7 Å². The Labute approximate surface area is 209 Å². The standard InChI is InChI=1S/C24H33NO11/c1-11(19-16(30)8-24(6,7)9-17(19)31)25-20-22(34-14(4)28)21(33-13(3)27)18(10-32-12(2)26)36-23(20)35-15(5)29/h18,20-23,25H,8-10H2,1-7H3/t18-,20-,21-,22-,23+/m1/s1. The Balaban J connectivity index is 2.53. The zero-order chi connectivity index (χ0) is 27.4. The molecule has 200 valence electrons. The molecule has 2 aliphatic rings. The summed E-state index contributed by atoms with van der Waals surface area (Å²) in [6.45, 7) is 9.27. The first kappa shape index (κ1) is 29.0. The zero-order valence-electron chi connectivity index (χ0n) is 21.5. The average molecular weight is 512 g/mol. The van der Waals surface area contributed by atoms with Crippen LogP contribution in [0.1, 0.15) is 61.3 Å². The molecule has 0 spiro atoms. The van der Waals surface area contributed by atoms with Crippen molar-refractivity contribution in [3.8, 4) is 0 Å². The molecule has 0 amide bonds. The minimum absolute atomic E-state index is 0.0523. The van der Waals surface area contributed by atoms with Gasteiger partial charge >= 0.3 is 23.9 Å². The highest BCUT2D eigenvalue weighted by Gasteiger charge is 2.52. The first-order valence-electron chi connectivity index (χ1n) is 11.5. The molecule has 2 fully saturated rings. The van der Waals surface area contributed by atoms with E-state index < -0.39 is 66.5 Å². The summed E-state index contributed by atoms with van der Waals surface area (Å²) in [7, 11) is 0. The van der Waals surface area contributed by atoms with Crippen molar-refractivity contribution in [2.24, 2.45) is 5.41 Å². The lowest BCUT2D eigenvalue weighted by Crippen LogP contribution is -2.66. The molecule has 1 saturated heterocycles. The molecule has 12 nitrogen and oxygen atoms in total. The van der Waals surface area contributed by atoms with Gasteiger partial charge in [-0.15, -0.1) is 0 Å². The lowest BCUT2D eigenvalue weighted by Gasteiger charge is -2.45. The normalized spacial score (nSPS) is 27.5. The Morgan fingerprint density at radius 1 is 0.833 bits per heavy atom. The van der Waals surface area contributed by atoms with E-state index in [0.29, 0.717) is 0 Å². The predicted octanol–water partition coefficient (Wildman–Crippen LogP) is 0.891. The second kappa shape index (κ2) is 11.6. The van der Waals surface area contributed by atoms with Crippen molar-refractivity contribution in [2.45, 2.75) is 92.0 Å². The molecule has 0 bridgehead atoms. The van der Waals surface area contributed by atoms with E-state index in [4.69, 9.17) is 23.7 Å². The fourth-order valence-corrected chi connectivity index (χ4v) is 4.32. The predicted molar refractivity (Wildman–Crippen MR) is 121 cm³/mol. The van der Waals surface area contributed by atoms with Crippen molar-refractivity contribution >= 4 is 35.4 Å². The van der Waals surface area contributed by atoms with Crippen molar-refractivity contribution in [3.63, 3.8) is 0 Å². The zero-order valence-corrected chi connectivity index (χ0v) is 21.5. The van der Waals surface area contributed by atoms with Crippen molar-refractivity contribution in [1.29, 1.82) is 0 Å².